The Labute approximate surface area is 228 Å². The van der Waals surface area contributed by atoms with Crippen LogP contribution in [0.15, 0.2) is 48.5 Å². The number of carbonyl (C=O) groups is 2. The summed E-state index contributed by atoms with van der Waals surface area (Å²) >= 11 is 0. The molecule has 0 aromatic heterocycles. The first-order valence-electron chi connectivity index (χ1n) is 14.2. The summed E-state index contributed by atoms with van der Waals surface area (Å²) in [5, 5.41) is 6.11. The molecular weight excluding hydrogens is 476 g/mol. The first kappa shape index (κ1) is 29.5. The van der Waals surface area contributed by atoms with Crippen LogP contribution in [0, 0.1) is 10.8 Å². The van der Waals surface area contributed by atoms with E-state index in [0.29, 0.717) is 18.0 Å². The van der Waals surface area contributed by atoms with Gasteiger partial charge in [0.25, 0.3) is 0 Å². The zero-order valence-electron chi connectivity index (χ0n) is 23.9. The Morgan fingerprint density at radius 2 is 1.34 bits per heavy atom. The Bertz CT molecular complexity index is 1070. The number of hydrogen-bond donors (Lipinski definition) is 2. The molecule has 0 spiro atoms. The maximum absolute atomic E-state index is 12.9. The fourth-order valence-corrected chi connectivity index (χ4v) is 5.94. The topological polar surface area (TPSA) is 76.7 Å². The van der Waals surface area contributed by atoms with Crippen molar-refractivity contribution in [2.75, 3.05) is 6.54 Å². The third kappa shape index (κ3) is 9.07. The lowest BCUT2D eigenvalue weighted by Gasteiger charge is -2.46. The Balaban J connectivity index is 1.58. The first-order chi connectivity index (χ1) is 18.1. The number of unbranched alkanes of at least 4 members (excludes halogenated alkanes) is 2. The van der Waals surface area contributed by atoms with E-state index in [0.717, 1.165) is 68.9 Å². The molecule has 208 valence electrons. The van der Waals surface area contributed by atoms with Gasteiger partial charge in [0.15, 0.2) is 0 Å². The fourth-order valence-electron chi connectivity index (χ4n) is 5.94. The van der Waals surface area contributed by atoms with Gasteiger partial charge in [0.1, 0.15) is 11.5 Å². The van der Waals surface area contributed by atoms with Crippen molar-refractivity contribution >= 4 is 12.2 Å². The highest BCUT2D eigenvalue weighted by atomic mass is 16.6. The van der Waals surface area contributed by atoms with Crippen LogP contribution in [0.4, 0.5) is 9.59 Å². The highest BCUT2D eigenvalue weighted by Gasteiger charge is 2.42. The number of nitrogens with one attached hydrogen (secondary N) is 2. The van der Waals surface area contributed by atoms with Gasteiger partial charge >= 0.3 is 12.2 Å². The van der Waals surface area contributed by atoms with Crippen LogP contribution < -0.4 is 20.1 Å². The van der Waals surface area contributed by atoms with Gasteiger partial charge in [-0.05, 0) is 79.0 Å². The third-order valence-electron chi connectivity index (χ3n) is 7.37. The molecule has 1 aliphatic rings. The predicted molar refractivity (Wildman–Crippen MR) is 153 cm³/mol. The standard InChI is InChI=1S/C32H46N2O4/c1-6-8-14-24-16-10-12-18-27(24)37-29(35)33-23-32(5)21-26(20-31(3,4)22-32)34-30(36)38-28-19-13-11-17-25(28)15-9-7-2/h10-13,16-19,26H,6-9,14-15,20-23H2,1-5H3,(H,33,35)(H,34,36). The number of benzene rings is 2. The van der Waals surface area contributed by atoms with Crippen LogP contribution in [0.1, 0.15) is 90.7 Å². The summed E-state index contributed by atoms with van der Waals surface area (Å²) in [4.78, 5) is 25.6. The molecule has 0 heterocycles. The molecule has 0 saturated heterocycles. The van der Waals surface area contributed by atoms with Gasteiger partial charge < -0.3 is 20.1 Å². The molecule has 6 heteroatoms. The van der Waals surface area contributed by atoms with E-state index < -0.39 is 12.2 Å². The number of ether oxygens (including phenoxy) is 2. The molecule has 6 nitrogen and oxygen atoms in total. The van der Waals surface area contributed by atoms with Gasteiger partial charge in [-0.2, -0.15) is 0 Å². The molecule has 2 aromatic rings. The van der Waals surface area contributed by atoms with E-state index in [9.17, 15) is 9.59 Å². The Morgan fingerprint density at radius 1 is 0.816 bits per heavy atom. The molecule has 0 bridgehead atoms. The minimum atomic E-state index is -0.439. The fraction of sp³-hybridized carbons (Fsp3) is 0.562. The minimum absolute atomic E-state index is 0.00230. The molecule has 0 radical (unpaired) electrons. The first-order valence-corrected chi connectivity index (χ1v) is 14.2. The van der Waals surface area contributed by atoms with Crippen LogP contribution in [0.3, 0.4) is 0 Å². The van der Waals surface area contributed by atoms with Crippen molar-refractivity contribution in [3.8, 4) is 11.5 Å². The van der Waals surface area contributed by atoms with Gasteiger partial charge in [-0.1, -0.05) is 83.9 Å². The molecule has 2 N–H and O–H groups in total. The molecular formula is C32H46N2O4. The average molecular weight is 523 g/mol. The lowest BCUT2D eigenvalue weighted by atomic mass is 9.62. The number of rotatable bonds is 11. The molecule has 3 rings (SSSR count). The van der Waals surface area contributed by atoms with Gasteiger partial charge in [0, 0.05) is 12.6 Å². The summed E-state index contributed by atoms with van der Waals surface area (Å²) in [6.45, 7) is 11.4. The van der Waals surface area contributed by atoms with Gasteiger partial charge in [-0.15, -0.1) is 0 Å². The van der Waals surface area contributed by atoms with Crippen LogP contribution >= 0.6 is 0 Å². The van der Waals surface area contributed by atoms with E-state index >= 15 is 0 Å². The second-order valence-electron chi connectivity index (χ2n) is 12.0. The molecule has 2 amide bonds. The van der Waals surface area contributed by atoms with Gasteiger partial charge in [0.05, 0.1) is 0 Å². The number of para-hydroxylation sites is 2. The number of aryl methyl sites for hydroxylation is 2. The summed E-state index contributed by atoms with van der Waals surface area (Å²) in [7, 11) is 0. The quantitative estimate of drug-likeness (QED) is 0.315. The maximum atomic E-state index is 12.9. The van der Waals surface area contributed by atoms with E-state index in [-0.39, 0.29) is 16.9 Å². The lowest BCUT2D eigenvalue weighted by molar-refractivity contribution is 0.0701. The van der Waals surface area contributed by atoms with Gasteiger partial charge in [0.2, 0.25) is 0 Å². The SMILES string of the molecule is CCCCc1ccccc1OC(=O)NCC1(C)CC(NC(=O)Oc2ccccc2CCCC)CC(C)(C)C1. The highest BCUT2D eigenvalue weighted by molar-refractivity contribution is 5.71. The van der Waals surface area contributed by atoms with Crippen molar-refractivity contribution in [3.63, 3.8) is 0 Å². The summed E-state index contributed by atoms with van der Waals surface area (Å²) in [6, 6.07) is 15.4. The smallest absolute Gasteiger partial charge is 0.410 e. The van der Waals surface area contributed by atoms with Crippen molar-refractivity contribution in [1.29, 1.82) is 0 Å². The van der Waals surface area contributed by atoms with Crippen LogP contribution in [-0.4, -0.2) is 24.8 Å². The van der Waals surface area contributed by atoms with E-state index in [2.05, 4.69) is 45.3 Å². The molecule has 2 atom stereocenters. The Hall–Kier alpha value is -3.02. The number of amides is 2. The highest BCUT2D eigenvalue weighted by Crippen LogP contribution is 2.45. The van der Waals surface area contributed by atoms with Gasteiger partial charge in [-0.25, -0.2) is 9.59 Å². The van der Waals surface area contributed by atoms with Crippen molar-refractivity contribution in [3.05, 3.63) is 59.7 Å². The molecule has 38 heavy (non-hydrogen) atoms. The largest absolute Gasteiger partial charge is 0.412 e. The zero-order valence-corrected chi connectivity index (χ0v) is 23.9. The van der Waals surface area contributed by atoms with Crippen molar-refractivity contribution < 1.29 is 19.1 Å². The van der Waals surface area contributed by atoms with Crippen molar-refractivity contribution in [2.24, 2.45) is 10.8 Å². The summed E-state index contributed by atoms with van der Waals surface area (Å²) < 4.78 is 11.4. The third-order valence-corrected chi connectivity index (χ3v) is 7.37. The Morgan fingerprint density at radius 3 is 1.89 bits per heavy atom. The molecule has 0 aliphatic heterocycles. The van der Waals surface area contributed by atoms with Gasteiger partial charge in [-0.3, -0.25) is 0 Å². The molecule has 1 saturated carbocycles. The molecule has 2 unspecified atom stereocenters. The maximum Gasteiger partial charge on any atom is 0.412 e. The molecule has 2 aromatic carbocycles. The van der Waals surface area contributed by atoms with Crippen LogP contribution in [0.25, 0.3) is 0 Å². The number of carbonyl (C=O) groups excluding carboxylic acids is 2. The van der Waals surface area contributed by atoms with Crippen molar-refractivity contribution in [2.45, 2.75) is 98.4 Å². The van der Waals surface area contributed by atoms with E-state index in [1.807, 2.05) is 48.5 Å². The summed E-state index contributed by atoms with van der Waals surface area (Å²) in [6.07, 6.45) is 7.72. The predicted octanol–water partition coefficient (Wildman–Crippen LogP) is 7.83. The van der Waals surface area contributed by atoms with Crippen molar-refractivity contribution in [1.82, 2.24) is 10.6 Å². The minimum Gasteiger partial charge on any atom is -0.410 e. The van der Waals surface area contributed by atoms with E-state index in [4.69, 9.17) is 9.47 Å². The normalized spacial score (nSPS) is 20.4. The lowest BCUT2D eigenvalue weighted by Crippen LogP contribution is -2.51. The summed E-state index contributed by atoms with van der Waals surface area (Å²) in [5.74, 6) is 1.24. The Kier molecular flexibility index (Phi) is 10.6. The molecule has 1 fully saturated rings. The van der Waals surface area contributed by atoms with Crippen LogP contribution in [-0.2, 0) is 12.8 Å². The second kappa shape index (κ2) is 13.7. The van der Waals surface area contributed by atoms with E-state index in [1.165, 1.54) is 0 Å². The zero-order chi connectivity index (χ0) is 27.6. The van der Waals surface area contributed by atoms with E-state index in [1.54, 1.807) is 0 Å². The number of hydrogen-bond acceptors (Lipinski definition) is 4. The second-order valence-corrected chi connectivity index (χ2v) is 12.0. The van der Waals surface area contributed by atoms with Crippen LogP contribution in [0.5, 0.6) is 11.5 Å². The summed E-state index contributed by atoms with van der Waals surface area (Å²) in [5.41, 5.74) is 1.91. The average Bonchev–Trinajstić information content (AvgIpc) is 2.85. The molecule has 1 aliphatic carbocycles. The monoisotopic (exact) mass is 522 g/mol. The van der Waals surface area contributed by atoms with Crippen LogP contribution in [0.2, 0.25) is 0 Å².